The Morgan fingerprint density at radius 3 is 1.13 bits per heavy atom. The van der Waals surface area contributed by atoms with Gasteiger partial charge in [0, 0.05) is 6.42 Å². The quantitative estimate of drug-likeness (QED) is 0.0301. The highest BCUT2D eigenvalue weighted by atomic mass is 19.4. The van der Waals surface area contributed by atoms with E-state index in [1.807, 2.05) is 20.8 Å². The topological polar surface area (TPSA) is 27.7 Å². The van der Waals surface area contributed by atoms with Crippen LogP contribution < -0.4 is 14.0 Å². The zero-order valence-electron chi connectivity index (χ0n) is 36.4. The number of hydrogen-bond donors (Lipinski definition) is 0. The summed E-state index contributed by atoms with van der Waals surface area (Å²) in [6.45, 7) is 10.0. The molecule has 0 N–H and O–H groups in total. The van der Waals surface area contributed by atoms with Crippen molar-refractivity contribution < 1.29 is 58.0 Å². The smallest absolute Gasteiger partial charge is 0.490 e. The van der Waals surface area contributed by atoms with E-state index in [0.717, 1.165) is 92.8 Å². The molecule has 61 heavy (non-hydrogen) atoms. The Morgan fingerprint density at radius 1 is 0.443 bits per heavy atom. The third-order valence-corrected chi connectivity index (χ3v) is 11.9. The maximum Gasteiger partial charge on any atom is 0.864 e. The molecule has 3 aromatic carbocycles. The summed E-state index contributed by atoms with van der Waals surface area (Å²) in [6.07, 6.45) is 7.08. The molecule has 0 spiro atoms. The van der Waals surface area contributed by atoms with E-state index in [4.69, 9.17) is 14.0 Å². The minimum Gasteiger partial charge on any atom is -0.490 e. The predicted octanol–water partition coefficient (Wildman–Crippen LogP) is 16.2. The number of quaternary nitrogens is 1. The number of nitrogens with zero attached hydrogens (tertiary/aromatic N) is 1. The van der Waals surface area contributed by atoms with Gasteiger partial charge in [-0.3, -0.25) is 0 Å². The normalized spacial score (nSPS) is 13.0. The van der Waals surface area contributed by atoms with Gasteiger partial charge in [0.2, 0.25) is 0 Å². The van der Waals surface area contributed by atoms with Crippen LogP contribution in [0.4, 0.5) is 39.5 Å². The van der Waals surface area contributed by atoms with E-state index < -0.39 is 48.6 Å². The summed E-state index contributed by atoms with van der Waals surface area (Å²) in [5.74, 6) is -0.287. The SMILES string of the molecule is CCCCCCCCCCCCCCCCCCCC(c1cc(C(F)(F)F)ccc1OB(Oc1ccc(C(F)(F)F)cc1)Oc1ccc(C(F)(F)F)cc1)[N+](CC)(CC)CC. The van der Waals surface area contributed by atoms with Gasteiger partial charge in [-0.2, -0.15) is 39.5 Å². The average Bonchev–Trinajstić information content (AvgIpc) is 3.21. The molecule has 14 heteroatoms. The number of benzene rings is 3. The summed E-state index contributed by atoms with van der Waals surface area (Å²) >= 11 is 0. The van der Waals surface area contributed by atoms with Crippen molar-refractivity contribution in [3.8, 4) is 17.2 Å². The number of hydrogen-bond acceptors (Lipinski definition) is 3. The minimum absolute atomic E-state index is 0.00773. The molecule has 0 fully saturated rings. The zero-order valence-corrected chi connectivity index (χ0v) is 36.4. The Kier molecular flexibility index (Phi) is 21.7. The molecule has 0 aliphatic carbocycles. The lowest BCUT2D eigenvalue weighted by atomic mass is 9.92. The Labute approximate surface area is 358 Å². The maximum absolute atomic E-state index is 14.3. The van der Waals surface area contributed by atoms with Crippen molar-refractivity contribution >= 4 is 7.32 Å². The van der Waals surface area contributed by atoms with Gasteiger partial charge in [-0.1, -0.05) is 110 Å². The summed E-state index contributed by atoms with van der Waals surface area (Å²) in [5, 5.41) is 0. The van der Waals surface area contributed by atoms with E-state index in [0.29, 0.717) is 30.5 Å². The predicted molar refractivity (Wildman–Crippen MR) is 225 cm³/mol. The zero-order chi connectivity index (χ0) is 44.9. The van der Waals surface area contributed by atoms with Gasteiger partial charge >= 0.3 is 25.9 Å². The van der Waals surface area contributed by atoms with Gasteiger partial charge in [-0.25, -0.2) is 0 Å². The van der Waals surface area contributed by atoms with Crippen LogP contribution in [0.5, 0.6) is 17.2 Å². The molecule has 0 aliphatic heterocycles. The molecule has 1 unspecified atom stereocenters. The van der Waals surface area contributed by atoms with Crippen molar-refractivity contribution in [1.82, 2.24) is 0 Å². The fourth-order valence-electron chi connectivity index (χ4n) is 8.05. The van der Waals surface area contributed by atoms with Gasteiger partial charge in [0.05, 0.1) is 41.9 Å². The van der Waals surface area contributed by atoms with Crippen LogP contribution in [0.25, 0.3) is 0 Å². The highest BCUT2D eigenvalue weighted by molar-refractivity contribution is 6.39. The van der Waals surface area contributed by atoms with Gasteiger partial charge in [0.25, 0.3) is 0 Å². The van der Waals surface area contributed by atoms with E-state index >= 15 is 0 Å². The number of unbranched alkanes of at least 4 members (excludes halogenated alkanes) is 16. The first-order chi connectivity index (χ1) is 29.0. The van der Waals surface area contributed by atoms with Crippen molar-refractivity contribution in [3.05, 3.63) is 89.0 Å². The van der Waals surface area contributed by atoms with Crippen LogP contribution in [0.1, 0.15) is 172 Å². The molecule has 4 nitrogen and oxygen atoms in total. The molecule has 1 atom stereocenters. The lowest BCUT2D eigenvalue weighted by molar-refractivity contribution is -0.953. The van der Waals surface area contributed by atoms with Gasteiger partial charge in [0.1, 0.15) is 23.3 Å². The molecule has 0 aromatic heterocycles. The molecule has 0 aliphatic rings. The van der Waals surface area contributed by atoms with Gasteiger partial charge in [-0.15, -0.1) is 0 Å². The third kappa shape index (κ3) is 17.6. The summed E-state index contributed by atoms with van der Waals surface area (Å²) < 4.78 is 141. The standard InChI is InChI=1S/C47H66BF9NO3/c1-5-9-10-11-12-13-14-15-16-17-18-19-20-21-22-23-24-25-43(58(6-2,7-3)8-4)42-36-39(47(55,56)57)30-35-44(42)61-48(59-40-31-26-37(27-32-40)45(49,50)51)60-41-33-28-38(29-34-41)46(52,53)54/h26-36,43H,5-25H2,1-4H3/q+1. The van der Waals surface area contributed by atoms with Crippen LogP contribution >= 0.6 is 0 Å². The van der Waals surface area contributed by atoms with Gasteiger partial charge < -0.3 is 18.4 Å². The fraction of sp³-hybridized carbons (Fsp3) is 0.617. The number of rotatable bonds is 29. The highest BCUT2D eigenvalue weighted by Gasteiger charge is 2.41. The Hall–Kier alpha value is -3.55. The van der Waals surface area contributed by atoms with Crippen LogP contribution in [0.2, 0.25) is 0 Å². The van der Waals surface area contributed by atoms with Crippen molar-refractivity contribution in [1.29, 1.82) is 0 Å². The van der Waals surface area contributed by atoms with E-state index in [-0.39, 0.29) is 22.8 Å². The van der Waals surface area contributed by atoms with E-state index in [2.05, 4.69) is 6.92 Å². The Morgan fingerprint density at radius 2 is 0.787 bits per heavy atom. The van der Waals surface area contributed by atoms with Crippen molar-refractivity contribution in [2.24, 2.45) is 0 Å². The first-order valence-corrected chi connectivity index (χ1v) is 22.4. The molecule has 0 saturated heterocycles. The Balaban J connectivity index is 1.79. The first kappa shape index (κ1) is 51.8. The summed E-state index contributed by atoms with van der Waals surface area (Å²) in [4.78, 5) is 0. The third-order valence-electron chi connectivity index (χ3n) is 11.9. The molecular weight excluding hydrogens is 808 g/mol. The van der Waals surface area contributed by atoms with E-state index in [9.17, 15) is 39.5 Å². The molecule has 0 heterocycles. The van der Waals surface area contributed by atoms with Crippen LogP contribution in [-0.4, -0.2) is 31.4 Å². The summed E-state index contributed by atoms with van der Waals surface area (Å²) in [7, 11) is -1.82. The second-order valence-corrected chi connectivity index (χ2v) is 16.1. The van der Waals surface area contributed by atoms with Crippen LogP contribution in [0, 0.1) is 0 Å². The molecule has 3 aromatic rings. The second kappa shape index (κ2) is 25.5. The summed E-state index contributed by atoms with van der Waals surface area (Å²) in [6, 6.07) is 9.88. The van der Waals surface area contributed by atoms with Gasteiger partial charge in [-0.05, 0) is 93.9 Å². The largest absolute Gasteiger partial charge is 0.864 e. The van der Waals surface area contributed by atoms with Crippen molar-refractivity contribution in [3.63, 3.8) is 0 Å². The van der Waals surface area contributed by atoms with E-state index in [1.54, 1.807) is 0 Å². The minimum atomic E-state index is -4.68. The molecule has 0 radical (unpaired) electrons. The molecule has 0 amide bonds. The monoisotopic (exact) mass is 874 g/mol. The second-order valence-electron chi connectivity index (χ2n) is 16.1. The lowest BCUT2D eigenvalue weighted by Gasteiger charge is -2.44. The summed E-state index contributed by atoms with van der Waals surface area (Å²) in [5.41, 5.74) is -2.53. The molecule has 342 valence electrons. The van der Waals surface area contributed by atoms with Crippen LogP contribution in [0.15, 0.2) is 66.7 Å². The number of halogens is 9. The van der Waals surface area contributed by atoms with Crippen LogP contribution in [0.3, 0.4) is 0 Å². The highest BCUT2D eigenvalue weighted by Crippen LogP contribution is 2.42. The molecule has 0 bridgehead atoms. The van der Waals surface area contributed by atoms with E-state index in [1.165, 1.54) is 83.1 Å². The van der Waals surface area contributed by atoms with Gasteiger partial charge in [0.15, 0.2) is 0 Å². The fourth-order valence-corrected chi connectivity index (χ4v) is 8.05. The lowest BCUT2D eigenvalue weighted by Crippen LogP contribution is -2.50. The Bertz CT molecular complexity index is 1580. The average molecular weight is 875 g/mol. The first-order valence-electron chi connectivity index (χ1n) is 22.4. The maximum atomic E-state index is 14.3. The molecular formula is C47H66BF9NO3+. The van der Waals surface area contributed by atoms with Crippen LogP contribution in [-0.2, 0) is 18.5 Å². The van der Waals surface area contributed by atoms with Crippen molar-refractivity contribution in [2.45, 2.75) is 168 Å². The number of alkyl halides is 9. The van der Waals surface area contributed by atoms with Crippen molar-refractivity contribution in [2.75, 3.05) is 19.6 Å². The molecule has 0 saturated carbocycles. The molecule has 3 rings (SSSR count).